The summed E-state index contributed by atoms with van der Waals surface area (Å²) in [5.41, 5.74) is -0.608. The summed E-state index contributed by atoms with van der Waals surface area (Å²) in [5.74, 6) is -1.07. The molecule has 0 saturated carbocycles. The molecule has 1 unspecified atom stereocenters. The van der Waals surface area contributed by atoms with Crippen LogP contribution in [0.2, 0.25) is 0 Å². The van der Waals surface area contributed by atoms with Crippen LogP contribution in [0.5, 0.6) is 0 Å². The fraction of sp³-hybridized carbons (Fsp3) is 0.375. The lowest BCUT2D eigenvalue weighted by molar-refractivity contribution is -0.164. The van der Waals surface area contributed by atoms with E-state index < -0.39 is 11.7 Å². The molecule has 0 aliphatic carbocycles. The van der Waals surface area contributed by atoms with Gasteiger partial charge in [-0.1, -0.05) is 18.2 Å². The second-order valence-electron chi connectivity index (χ2n) is 4.70. The Hall–Kier alpha value is -2.14. The molecule has 0 amide bonds. The number of likely N-dealkylation sites (N-methyl/N-ethyl adjacent to an activating group) is 1. The Morgan fingerprint density at radius 1 is 1.43 bits per heavy atom. The highest BCUT2D eigenvalue weighted by molar-refractivity contribution is 6.23. The summed E-state index contributed by atoms with van der Waals surface area (Å²) in [6.07, 6.45) is 2.21. The van der Waals surface area contributed by atoms with Crippen LogP contribution in [0.3, 0.4) is 0 Å². The lowest BCUT2D eigenvalue weighted by Gasteiger charge is -2.33. The van der Waals surface area contributed by atoms with Crippen molar-refractivity contribution >= 4 is 17.4 Å². The molecule has 1 aromatic rings. The van der Waals surface area contributed by atoms with Gasteiger partial charge in [0.15, 0.2) is 0 Å². The Morgan fingerprint density at radius 3 is 2.76 bits per heavy atom. The molecule has 0 radical (unpaired) electrons. The van der Waals surface area contributed by atoms with E-state index in [4.69, 9.17) is 9.47 Å². The van der Waals surface area contributed by atoms with Crippen molar-refractivity contribution < 1.29 is 19.1 Å². The maximum Gasteiger partial charge on any atom is 0.368 e. The zero-order valence-corrected chi connectivity index (χ0v) is 12.3. The summed E-state index contributed by atoms with van der Waals surface area (Å²) in [7, 11) is 1.66. The third-order valence-corrected chi connectivity index (χ3v) is 3.48. The largest absolute Gasteiger partial charge is 0.462 e. The Bertz CT molecular complexity index is 569. The van der Waals surface area contributed by atoms with Crippen LogP contribution in [0.25, 0.3) is 0 Å². The van der Waals surface area contributed by atoms with Gasteiger partial charge < -0.3 is 14.4 Å². The first-order valence-electron chi connectivity index (χ1n) is 6.89. The summed E-state index contributed by atoms with van der Waals surface area (Å²) >= 11 is 0. The Labute approximate surface area is 124 Å². The van der Waals surface area contributed by atoms with Crippen LogP contribution < -0.4 is 4.90 Å². The molecule has 112 valence electrons. The molecule has 0 N–H and O–H groups in total. The van der Waals surface area contributed by atoms with Crippen LogP contribution in [0.1, 0.15) is 23.7 Å². The first-order valence-corrected chi connectivity index (χ1v) is 6.89. The molecule has 0 spiro atoms. The van der Waals surface area contributed by atoms with Crippen LogP contribution >= 0.6 is 0 Å². The number of hydrogen-bond acceptors (Lipinski definition) is 5. The predicted octanol–water partition coefficient (Wildman–Crippen LogP) is 2.17. The average molecular weight is 289 g/mol. The van der Waals surface area contributed by atoms with E-state index in [1.54, 1.807) is 43.1 Å². The van der Waals surface area contributed by atoms with Crippen molar-refractivity contribution in [3.05, 3.63) is 42.5 Å². The zero-order chi connectivity index (χ0) is 15.5. The molecule has 1 aliphatic rings. The average Bonchev–Trinajstić information content (AvgIpc) is 2.71. The number of Topliss-reactive ketones (excluding diaryl/α,β-unsaturated/α-hetero) is 1. The van der Waals surface area contributed by atoms with Crippen LogP contribution in [-0.2, 0) is 14.3 Å². The van der Waals surface area contributed by atoms with Gasteiger partial charge in [0.1, 0.15) is 0 Å². The number of esters is 1. The minimum atomic E-state index is -1.73. The van der Waals surface area contributed by atoms with Gasteiger partial charge >= 0.3 is 11.7 Å². The van der Waals surface area contributed by atoms with E-state index in [1.807, 2.05) is 6.07 Å². The molecular weight excluding hydrogens is 270 g/mol. The number of carbonyl (C=O) groups excluding carboxylic acids is 2. The van der Waals surface area contributed by atoms with Crippen molar-refractivity contribution in [1.29, 1.82) is 0 Å². The first-order chi connectivity index (χ1) is 10.1. The summed E-state index contributed by atoms with van der Waals surface area (Å²) in [4.78, 5) is 26.7. The molecule has 1 atom stereocenters. The monoisotopic (exact) mass is 289 g/mol. The van der Waals surface area contributed by atoms with Crippen molar-refractivity contribution in [2.75, 3.05) is 25.2 Å². The van der Waals surface area contributed by atoms with Gasteiger partial charge in [-0.15, -0.1) is 6.58 Å². The number of para-hydroxylation sites is 1. The smallest absolute Gasteiger partial charge is 0.368 e. The van der Waals surface area contributed by atoms with Crippen LogP contribution in [-0.4, -0.2) is 37.7 Å². The maximum atomic E-state index is 12.7. The van der Waals surface area contributed by atoms with Crippen LogP contribution in [0.4, 0.5) is 5.69 Å². The van der Waals surface area contributed by atoms with Crippen molar-refractivity contribution in [3.63, 3.8) is 0 Å². The van der Waals surface area contributed by atoms with Gasteiger partial charge in [0.05, 0.1) is 18.9 Å². The first kappa shape index (κ1) is 15.3. The van der Waals surface area contributed by atoms with Crippen molar-refractivity contribution in [2.45, 2.75) is 19.1 Å². The number of benzene rings is 1. The normalized spacial score (nSPS) is 20.3. The van der Waals surface area contributed by atoms with Crippen molar-refractivity contribution in [3.8, 4) is 0 Å². The molecule has 2 rings (SSSR count). The molecule has 0 saturated heterocycles. The molecule has 1 aromatic carbocycles. The van der Waals surface area contributed by atoms with E-state index in [0.717, 1.165) is 0 Å². The molecule has 5 heteroatoms. The molecule has 0 bridgehead atoms. The highest BCUT2D eigenvalue weighted by Crippen LogP contribution is 2.39. The topological polar surface area (TPSA) is 55.8 Å². The fourth-order valence-corrected chi connectivity index (χ4v) is 2.43. The maximum absolute atomic E-state index is 12.7. The van der Waals surface area contributed by atoms with Crippen LogP contribution in [0, 0.1) is 0 Å². The summed E-state index contributed by atoms with van der Waals surface area (Å²) in [6.45, 7) is 5.71. The third kappa shape index (κ3) is 2.34. The quantitative estimate of drug-likeness (QED) is 0.348. The van der Waals surface area contributed by atoms with Gasteiger partial charge in [0, 0.05) is 12.6 Å². The number of nitrogens with zero attached hydrogens (tertiary/aromatic N) is 1. The van der Waals surface area contributed by atoms with Gasteiger partial charge in [0.25, 0.3) is 0 Å². The second-order valence-corrected chi connectivity index (χ2v) is 4.70. The highest BCUT2D eigenvalue weighted by Gasteiger charge is 2.58. The predicted molar refractivity (Wildman–Crippen MR) is 79.3 cm³/mol. The molecule has 5 nitrogen and oxygen atoms in total. The lowest BCUT2D eigenvalue weighted by atomic mass is 10.1. The lowest BCUT2D eigenvalue weighted by Crippen LogP contribution is -2.58. The van der Waals surface area contributed by atoms with Crippen LogP contribution in [0.15, 0.2) is 36.9 Å². The molecule has 0 aromatic heterocycles. The molecule has 1 heterocycles. The fourth-order valence-electron chi connectivity index (χ4n) is 2.43. The standard InChI is InChI=1S/C16H19NO4/c1-4-6-11-21-16(15(19)20-5-2)14(18)12-9-7-8-10-13(12)17(16)3/h4,7-10H,1,5-6,11H2,2-3H3. The van der Waals surface area contributed by atoms with Gasteiger partial charge in [0.2, 0.25) is 5.78 Å². The zero-order valence-electron chi connectivity index (χ0n) is 12.3. The number of anilines is 1. The highest BCUT2D eigenvalue weighted by atomic mass is 16.6. The van der Waals surface area contributed by atoms with Gasteiger partial charge in [-0.05, 0) is 25.5 Å². The van der Waals surface area contributed by atoms with Gasteiger partial charge in [-0.3, -0.25) is 4.79 Å². The number of rotatable bonds is 6. The molecule has 1 aliphatic heterocycles. The Balaban J connectivity index is 2.43. The number of ketones is 1. The number of hydrogen-bond donors (Lipinski definition) is 0. The number of ether oxygens (including phenoxy) is 2. The molecular formula is C16H19NO4. The summed E-state index contributed by atoms with van der Waals surface area (Å²) < 4.78 is 10.8. The van der Waals surface area contributed by atoms with Gasteiger partial charge in [-0.2, -0.15) is 0 Å². The van der Waals surface area contributed by atoms with E-state index in [0.29, 0.717) is 17.7 Å². The van der Waals surface area contributed by atoms with Crippen molar-refractivity contribution in [1.82, 2.24) is 0 Å². The van der Waals surface area contributed by atoms with Crippen molar-refractivity contribution in [2.24, 2.45) is 0 Å². The minimum Gasteiger partial charge on any atom is -0.462 e. The third-order valence-electron chi connectivity index (χ3n) is 3.48. The minimum absolute atomic E-state index is 0.183. The van der Waals surface area contributed by atoms with Gasteiger partial charge in [-0.25, -0.2) is 4.79 Å². The molecule has 21 heavy (non-hydrogen) atoms. The Morgan fingerprint density at radius 2 is 2.14 bits per heavy atom. The number of fused-ring (bicyclic) bond motifs is 1. The molecule has 0 fully saturated rings. The van der Waals surface area contributed by atoms with E-state index in [9.17, 15) is 9.59 Å². The SMILES string of the molecule is C=CCCOC1(C(=O)OCC)C(=O)c2ccccc2N1C. The second kappa shape index (κ2) is 6.10. The van der Waals surface area contributed by atoms with E-state index >= 15 is 0 Å². The van der Waals surface area contributed by atoms with E-state index in [-0.39, 0.29) is 19.0 Å². The Kier molecular flexibility index (Phi) is 4.43. The van der Waals surface area contributed by atoms with E-state index in [1.165, 1.54) is 0 Å². The number of carbonyl (C=O) groups is 2. The summed E-state index contributed by atoms with van der Waals surface area (Å²) in [5, 5.41) is 0. The summed E-state index contributed by atoms with van der Waals surface area (Å²) in [6, 6.07) is 7.04. The van der Waals surface area contributed by atoms with E-state index in [2.05, 4.69) is 6.58 Å².